The average molecular weight is 509 g/mol. The highest BCUT2D eigenvalue weighted by molar-refractivity contribution is 7.22. The molecule has 10 heteroatoms. The largest absolute Gasteiger partial charge is 0.481 e. The minimum Gasteiger partial charge on any atom is -0.481 e. The molecule has 2 amide bonds. The summed E-state index contributed by atoms with van der Waals surface area (Å²) in [7, 11) is 1.61. The summed E-state index contributed by atoms with van der Waals surface area (Å²) in [5, 5.41) is 3.74. The summed E-state index contributed by atoms with van der Waals surface area (Å²) in [6.45, 7) is 4.58. The second kappa shape index (κ2) is 10.1. The molecule has 4 heterocycles. The van der Waals surface area contributed by atoms with Gasteiger partial charge in [-0.1, -0.05) is 23.7 Å². The molecule has 180 valence electrons. The predicted molar refractivity (Wildman–Crippen MR) is 139 cm³/mol. The number of urea groups is 1. The summed E-state index contributed by atoms with van der Waals surface area (Å²) in [5.41, 5.74) is 2.91. The summed E-state index contributed by atoms with van der Waals surface area (Å²) in [5.74, 6) is 1.48. The van der Waals surface area contributed by atoms with Gasteiger partial charge in [0.25, 0.3) is 0 Å². The van der Waals surface area contributed by atoms with Crippen LogP contribution in [-0.2, 0) is 0 Å². The maximum atomic E-state index is 12.9. The van der Waals surface area contributed by atoms with Gasteiger partial charge in [-0.3, -0.25) is 0 Å². The normalized spacial score (nSPS) is 14.7. The number of nitrogens with one attached hydrogen (secondary N) is 1. The van der Waals surface area contributed by atoms with Crippen molar-refractivity contribution in [2.45, 2.75) is 13.0 Å². The number of methoxy groups -OCH3 is 1. The Morgan fingerprint density at radius 3 is 2.71 bits per heavy atom. The lowest BCUT2D eigenvalue weighted by atomic mass is 10.1. The SMILES string of the molecule is COc1cc(-c2cc3ncnc(N4CCN(C(=O)NC(C)c5cccc(Cl)c5)CC4)c3s2)ccn1. The average Bonchev–Trinajstić information content (AvgIpc) is 3.33. The Morgan fingerprint density at radius 1 is 1.11 bits per heavy atom. The first kappa shape index (κ1) is 23.3. The van der Waals surface area contributed by atoms with Gasteiger partial charge in [-0.2, -0.15) is 0 Å². The molecule has 1 saturated heterocycles. The lowest BCUT2D eigenvalue weighted by Gasteiger charge is -2.36. The highest BCUT2D eigenvalue weighted by Crippen LogP contribution is 2.37. The van der Waals surface area contributed by atoms with E-state index in [2.05, 4.69) is 31.2 Å². The number of halogens is 1. The molecule has 4 aromatic rings. The van der Waals surface area contributed by atoms with E-state index in [1.807, 2.05) is 48.2 Å². The number of hydrogen-bond donors (Lipinski definition) is 1. The molecule has 1 aliphatic heterocycles. The maximum Gasteiger partial charge on any atom is 0.317 e. The van der Waals surface area contributed by atoms with Gasteiger partial charge >= 0.3 is 6.03 Å². The van der Waals surface area contributed by atoms with Gasteiger partial charge in [0, 0.05) is 48.3 Å². The van der Waals surface area contributed by atoms with Crippen molar-refractivity contribution in [2.24, 2.45) is 0 Å². The monoisotopic (exact) mass is 508 g/mol. The van der Waals surface area contributed by atoms with Gasteiger partial charge in [0.05, 0.1) is 23.4 Å². The number of pyridine rings is 1. The number of carbonyl (C=O) groups excluding carboxylic acids is 1. The van der Waals surface area contributed by atoms with Crippen molar-refractivity contribution in [3.8, 4) is 16.3 Å². The molecule has 8 nitrogen and oxygen atoms in total. The van der Waals surface area contributed by atoms with E-state index in [9.17, 15) is 4.79 Å². The Balaban J connectivity index is 1.27. The number of anilines is 1. The van der Waals surface area contributed by atoms with E-state index < -0.39 is 0 Å². The number of ether oxygens (including phenoxy) is 1. The van der Waals surface area contributed by atoms with Crippen molar-refractivity contribution < 1.29 is 9.53 Å². The van der Waals surface area contributed by atoms with Crippen LogP contribution in [0.15, 0.2) is 55.0 Å². The Kier molecular flexibility index (Phi) is 6.70. The van der Waals surface area contributed by atoms with E-state index in [-0.39, 0.29) is 12.1 Å². The highest BCUT2D eigenvalue weighted by atomic mass is 35.5. The van der Waals surface area contributed by atoms with Crippen LogP contribution in [0.1, 0.15) is 18.5 Å². The topological polar surface area (TPSA) is 83.5 Å². The van der Waals surface area contributed by atoms with Gasteiger partial charge in [0.2, 0.25) is 5.88 Å². The molecular weight excluding hydrogens is 484 g/mol. The molecule has 1 N–H and O–H groups in total. The Hall–Kier alpha value is -3.43. The van der Waals surface area contributed by atoms with E-state index in [0.717, 1.165) is 32.0 Å². The summed E-state index contributed by atoms with van der Waals surface area (Å²) >= 11 is 7.74. The molecule has 1 aromatic carbocycles. The van der Waals surface area contributed by atoms with Crippen LogP contribution in [0, 0.1) is 0 Å². The number of nitrogens with zero attached hydrogens (tertiary/aromatic N) is 5. The second-order valence-corrected chi connectivity index (χ2v) is 9.80. The fraction of sp³-hybridized carbons (Fsp3) is 0.280. The van der Waals surface area contributed by atoms with Crippen LogP contribution in [0.4, 0.5) is 10.6 Å². The van der Waals surface area contributed by atoms with Crippen molar-refractivity contribution in [3.05, 3.63) is 65.6 Å². The van der Waals surface area contributed by atoms with Gasteiger partial charge < -0.3 is 19.9 Å². The number of amides is 2. The smallest absolute Gasteiger partial charge is 0.317 e. The van der Waals surface area contributed by atoms with Crippen LogP contribution in [0.2, 0.25) is 5.02 Å². The molecule has 0 spiro atoms. The van der Waals surface area contributed by atoms with Crippen LogP contribution in [-0.4, -0.2) is 59.2 Å². The number of thiophene rings is 1. The standard InChI is InChI=1S/C25H25ClN6O2S/c1-16(17-4-3-5-19(26)12-17)30-25(33)32-10-8-31(9-11-32)24-23-20(28-15-29-24)14-21(35-23)18-6-7-27-22(13-18)34-2/h3-7,12-16H,8-11H2,1-2H3,(H,30,33). The highest BCUT2D eigenvalue weighted by Gasteiger charge is 2.25. The van der Waals surface area contributed by atoms with Crippen molar-refractivity contribution in [1.29, 1.82) is 0 Å². The van der Waals surface area contributed by atoms with E-state index in [1.54, 1.807) is 31.0 Å². The maximum absolute atomic E-state index is 12.9. The number of fused-ring (bicyclic) bond motifs is 1. The zero-order chi connectivity index (χ0) is 24.4. The van der Waals surface area contributed by atoms with Crippen molar-refractivity contribution in [3.63, 3.8) is 0 Å². The van der Waals surface area contributed by atoms with E-state index in [0.29, 0.717) is 37.1 Å². The number of aromatic nitrogens is 3. The summed E-state index contributed by atoms with van der Waals surface area (Å²) in [6, 6.07) is 13.3. The van der Waals surface area contributed by atoms with E-state index >= 15 is 0 Å². The number of piperazine rings is 1. The third kappa shape index (κ3) is 5.01. The van der Waals surface area contributed by atoms with Crippen molar-refractivity contribution >= 4 is 45.0 Å². The molecule has 0 radical (unpaired) electrons. The molecule has 1 aliphatic rings. The number of benzene rings is 1. The third-order valence-corrected chi connectivity index (χ3v) is 7.48. The fourth-order valence-electron chi connectivity index (χ4n) is 4.14. The molecule has 1 unspecified atom stereocenters. The van der Waals surface area contributed by atoms with Crippen LogP contribution >= 0.6 is 22.9 Å². The Bertz CT molecular complexity index is 1350. The van der Waals surface area contributed by atoms with Gasteiger partial charge in [-0.05, 0) is 42.3 Å². The number of hydrogen-bond acceptors (Lipinski definition) is 7. The van der Waals surface area contributed by atoms with E-state index in [4.69, 9.17) is 16.3 Å². The van der Waals surface area contributed by atoms with Gasteiger partial charge in [-0.25, -0.2) is 19.7 Å². The quantitative estimate of drug-likeness (QED) is 0.408. The molecular formula is C25H25ClN6O2S. The number of carbonyl (C=O) groups is 1. The van der Waals surface area contributed by atoms with Gasteiger partial charge in [0.1, 0.15) is 12.1 Å². The molecule has 35 heavy (non-hydrogen) atoms. The molecule has 0 aliphatic carbocycles. The van der Waals surface area contributed by atoms with Gasteiger partial charge in [-0.15, -0.1) is 11.3 Å². The zero-order valence-electron chi connectivity index (χ0n) is 19.4. The Labute approximate surface area is 212 Å². The lowest BCUT2D eigenvalue weighted by molar-refractivity contribution is 0.191. The predicted octanol–water partition coefficient (Wildman–Crippen LogP) is 5.01. The van der Waals surface area contributed by atoms with Crippen LogP contribution < -0.4 is 15.0 Å². The first-order valence-corrected chi connectivity index (χ1v) is 12.5. The molecule has 5 rings (SSSR count). The lowest BCUT2D eigenvalue weighted by Crippen LogP contribution is -2.52. The second-order valence-electron chi connectivity index (χ2n) is 8.31. The molecule has 0 bridgehead atoms. The van der Waals surface area contributed by atoms with Crippen LogP contribution in [0.25, 0.3) is 20.7 Å². The molecule has 1 fully saturated rings. The van der Waals surface area contributed by atoms with Crippen molar-refractivity contribution in [1.82, 2.24) is 25.2 Å². The minimum atomic E-state index is -0.128. The third-order valence-electron chi connectivity index (χ3n) is 6.08. The van der Waals surface area contributed by atoms with Crippen LogP contribution in [0.3, 0.4) is 0 Å². The molecule has 3 aromatic heterocycles. The number of rotatable bonds is 5. The summed E-state index contributed by atoms with van der Waals surface area (Å²) in [6.07, 6.45) is 3.34. The summed E-state index contributed by atoms with van der Waals surface area (Å²) < 4.78 is 6.30. The molecule has 0 saturated carbocycles. The fourth-order valence-corrected chi connectivity index (χ4v) is 5.46. The minimum absolute atomic E-state index is 0.0741. The first-order chi connectivity index (χ1) is 17.0. The van der Waals surface area contributed by atoms with Gasteiger partial charge in [0.15, 0.2) is 0 Å². The van der Waals surface area contributed by atoms with E-state index in [1.165, 1.54) is 0 Å². The molecule has 1 atom stereocenters. The summed E-state index contributed by atoms with van der Waals surface area (Å²) in [4.78, 5) is 31.3. The Morgan fingerprint density at radius 2 is 1.94 bits per heavy atom. The van der Waals surface area contributed by atoms with Crippen molar-refractivity contribution in [2.75, 3.05) is 38.2 Å². The first-order valence-electron chi connectivity index (χ1n) is 11.3. The van der Waals surface area contributed by atoms with Crippen LogP contribution in [0.5, 0.6) is 5.88 Å². The zero-order valence-corrected chi connectivity index (χ0v) is 21.0.